The van der Waals surface area contributed by atoms with Crippen molar-refractivity contribution in [3.63, 3.8) is 0 Å². The van der Waals surface area contributed by atoms with Gasteiger partial charge in [0.2, 0.25) is 0 Å². The summed E-state index contributed by atoms with van der Waals surface area (Å²) in [4.78, 5) is 6.75. The lowest BCUT2D eigenvalue weighted by Crippen LogP contribution is -2.37. The Balaban J connectivity index is 1.57. The van der Waals surface area contributed by atoms with Crippen LogP contribution in [0.1, 0.15) is 18.4 Å². The maximum absolute atomic E-state index is 14.2. The van der Waals surface area contributed by atoms with Crippen LogP contribution in [-0.2, 0) is 4.74 Å². The van der Waals surface area contributed by atoms with Crippen molar-refractivity contribution in [3.8, 4) is 5.75 Å². The molecule has 2 heterocycles. The van der Waals surface area contributed by atoms with Crippen LogP contribution in [0.3, 0.4) is 0 Å². The summed E-state index contributed by atoms with van der Waals surface area (Å²) >= 11 is 0. The Labute approximate surface area is 136 Å². The van der Waals surface area contributed by atoms with Crippen molar-refractivity contribution in [1.82, 2.24) is 10.2 Å². The van der Waals surface area contributed by atoms with Gasteiger partial charge in [0.05, 0.1) is 25.4 Å². The monoisotopic (exact) mass is 321 g/mol. The van der Waals surface area contributed by atoms with E-state index in [9.17, 15) is 4.39 Å². The summed E-state index contributed by atoms with van der Waals surface area (Å²) in [6.45, 7) is 6.67. The normalized spacial score (nSPS) is 19.1. The summed E-state index contributed by atoms with van der Waals surface area (Å²) in [5.41, 5.74) is 0.457. The summed E-state index contributed by atoms with van der Waals surface area (Å²) in [5, 5.41) is 3.17. The van der Waals surface area contributed by atoms with E-state index >= 15 is 0 Å². The molecule has 0 saturated carbocycles. The van der Waals surface area contributed by atoms with E-state index in [1.165, 1.54) is 6.07 Å². The molecule has 1 fully saturated rings. The number of nitrogens with zero attached hydrogens (tertiary/aromatic N) is 2. The highest BCUT2D eigenvalue weighted by molar-refractivity contribution is 6.01. The van der Waals surface area contributed by atoms with Crippen molar-refractivity contribution in [2.24, 2.45) is 4.99 Å². The average molecular weight is 321 g/mol. The topological polar surface area (TPSA) is 46.1 Å². The molecule has 0 atom stereocenters. The van der Waals surface area contributed by atoms with E-state index in [2.05, 4.69) is 15.2 Å². The Kier molecular flexibility index (Phi) is 5.82. The number of ether oxygens (including phenoxy) is 2. The number of amidine groups is 1. The SMILES string of the molecule is Fc1cccc(OCCCN2CCOCC2)c1C1=NCCCN1. The fraction of sp³-hybridized carbons (Fsp3) is 0.588. The van der Waals surface area contributed by atoms with Crippen LogP contribution in [0.5, 0.6) is 5.75 Å². The first-order valence-electron chi connectivity index (χ1n) is 8.35. The zero-order valence-corrected chi connectivity index (χ0v) is 13.4. The molecular weight excluding hydrogens is 297 g/mol. The van der Waals surface area contributed by atoms with Crippen LogP contribution in [0.2, 0.25) is 0 Å². The lowest BCUT2D eigenvalue weighted by Gasteiger charge is -2.26. The largest absolute Gasteiger partial charge is 0.493 e. The zero-order valence-electron chi connectivity index (χ0n) is 13.4. The highest BCUT2D eigenvalue weighted by atomic mass is 19.1. The van der Waals surface area contributed by atoms with Gasteiger partial charge < -0.3 is 14.8 Å². The second kappa shape index (κ2) is 8.26. The molecule has 2 aliphatic rings. The summed E-state index contributed by atoms with van der Waals surface area (Å²) in [7, 11) is 0. The zero-order chi connectivity index (χ0) is 15.9. The second-order valence-corrected chi connectivity index (χ2v) is 5.78. The van der Waals surface area contributed by atoms with E-state index < -0.39 is 0 Å². The number of aliphatic imine (C=N–C) groups is 1. The Bertz CT molecular complexity index is 545. The molecule has 126 valence electrons. The Morgan fingerprint density at radius 3 is 2.96 bits per heavy atom. The fourth-order valence-corrected chi connectivity index (χ4v) is 2.85. The van der Waals surface area contributed by atoms with Gasteiger partial charge in [-0.1, -0.05) is 6.07 Å². The van der Waals surface area contributed by atoms with E-state index in [-0.39, 0.29) is 5.82 Å². The third-order valence-electron chi connectivity index (χ3n) is 4.09. The van der Waals surface area contributed by atoms with E-state index in [1.54, 1.807) is 6.07 Å². The van der Waals surface area contributed by atoms with Gasteiger partial charge >= 0.3 is 0 Å². The van der Waals surface area contributed by atoms with Gasteiger partial charge in [-0.2, -0.15) is 0 Å². The molecule has 0 radical (unpaired) electrons. The van der Waals surface area contributed by atoms with Crippen molar-refractivity contribution in [2.45, 2.75) is 12.8 Å². The van der Waals surface area contributed by atoms with Crippen LogP contribution < -0.4 is 10.1 Å². The Morgan fingerprint density at radius 1 is 1.30 bits per heavy atom. The van der Waals surface area contributed by atoms with Crippen molar-refractivity contribution >= 4 is 5.84 Å². The lowest BCUT2D eigenvalue weighted by molar-refractivity contribution is 0.0358. The maximum Gasteiger partial charge on any atom is 0.137 e. The molecule has 0 bridgehead atoms. The molecule has 2 aliphatic heterocycles. The first-order chi connectivity index (χ1) is 11.3. The molecule has 3 rings (SSSR count). The summed E-state index contributed by atoms with van der Waals surface area (Å²) in [5.74, 6) is 0.890. The highest BCUT2D eigenvalue weighted by Gasteiger charge is 2.17. The van der Waals surface area contributed by atoms with Gasteiger partial charge in [-0.05, 0) is 25.0 Å². The van der Waals surface area contributed by atoms with E-state index in [1.807, 2.05) is 6.07 Å². The molecule has 5 nitrogen and oxygen atoms in total. The smallest absolute Gasteiger partial charge is 0.137 e. The minimum atomic E-state index is -0.288. The van der Waals surface area contributed by atoms with Gasteiger partial charge in [0.1, 0.15) is 17.4 Å². The van der Waals surface area contributed by atoms with Crippen LogP contribution in [0.4, 0.5) is 4.39 Å². The van der Waals surface area contributed by atoms with Crippen LogP contribution in [0.25, 0.3) is 0 Å². The Morgan fingerprint density at radius 2 is 2.17 bits per heavy atom. The van der Waals surface area contributed by atoms with Crippen molar-refractivity contribution < 1.29 is 13.9 Å². The van der Waals surface area contributed by atoms with Gasteiger partial charge in [0, 0.05) is 32.7 Å². The molecule has 6 heteroatoms. The quantitative estimate of drug-likeness (QED) is 0.810. The minimum absolute atomic E-state index is 0.288. The van der Waals surface area contributed by atoms with Crippen molar-refractivity contribution in [1.29, 1.82) is 0 Å². The van der Waals surface area contributed by atoms with Crippen LogP contribution >= 0.6 is 0 Å². The number of hydrogen-bond donors (Lipinski definition) is 1. The van der Waals surface area contributed by atoms with Gasteiger partial charge in [-0.3, -0.25) is 9.89 Å². The molecule has 1 saturated heterocycles. The van der Waals surface area contributed by atoms with Gasteiger partial charge in [-0.25, -0.2) is 4.39 Å². The fourth-order valence-electron chi connectivity index (χ4n) is 2.85. The predicted molar refractivity (Wildman–Crippen MR) is 87.8 cm³/mol. The lowest BCUT2D eigenvalue weighted by atomic mass is 10.1. The van der Waals surface area contributed by atoms with Gasteiger partial charge in [-0.15, -0.1) is 0 Å². The summed E-state index contributed by atoms with van der Waals surface area (Å²) in [6.07, 6.45) is 1.89. The summed E-state index contributed by atoms with van der Waals surface area (Å²) in [6, 6.07) is 4.94. The number of rotatable bonds is 6. The average Bonchev–Trinajstić information content (AvgIpc) is 2.60. The molecule has 0 spiro atoms. The van der Waals surface area contributed by atoms with Crippen LogP contribution in [0.15, 0.2) is 23.2 Å². The molecule has 0 aliphatic carbocycles. The van der Waals surface area contributed by atoms with Crippen molar-refractivity contribution in [2.75, 3.05) is 52.5 Å². The molecule has 0 unspecified atom stereocenters. The van der Waals surface area contributed by atoms with E-state index in [4.69, 9.17) is 9.47 Å². The van der Waals surface area contributed by atoms with E-state index in [0.29, 0.717) is 23.8 Å². The third-order valence-corrected chi connectivity index (χ3v) is 4.09. The maximum atomic E-state index is 14.2. The van der Waals surface area contributed by atoms with Crippen LogP contribution in [0, 0.1) is 5.82 Å². The summed E-state index contributed by atoms with van der Waals surface area (Å²) < 4.78 is 25.4. The van der Waals surface area contributed by atoms with E-state index in [0.717, 1.165) is 58.8 Å². The number of hydrogen-bond acceptors (Lipinski definition) is 5. The molecule has 23 heavy (non-hydrogen) atoms. The van der Waals surface area contributed by atoms with Crippen LogP contribution in [-0.4, -0.2) is 63.3 Å². The standard InChI is InChI=1S/C17H24FN3O2/c18-14-4-1-5-15(16(14)17-19-6-2-7-20-17)23-11-3-8-21-9-12-22-13-10-21/h1,4-5H,2-3,6-13H2,(H,19,20). The number of morpholine rings is 1. The minimum Gasteiger partial charge on any atom is -0.493 e. The molecule has 1 N–H and O–H groups in total. The number of halogens is 1. The molecule has 0 aromatic heterocycles. The Hall–Kier alpha value is -1.66. The third kappa shape index (κ3) is 4.42. The van der Waals surface area contributed by atoms with Gasteiger partial charge in [0.25, 0.3) is 0 Å². The molecule has 1 aromatic rings. The highest BCUT2D eigenvalue weighted by Crippen LogP contribution is 2.23. The number of benzene rings is 1. The van der Waals surface area contributed by atoms with Crippen molar-refractivity contribution in [3.05, 3.63) is 29.6 Å². The predicted octanol–water partition coefficient (Wildman–Crippen LogP) is 1.67. The first-order valence-corrected chi connectivity index (χ1v) is 8.35. The first kappa shape index (κ1) is 16.2. The number of nitrogens with one attached hydrogen (secondary N) is 1. The molecule has 0 amide bonds. The van der Waals surface area contributed by atoms with Gasteiger partial charge in [0.15, 0.2) is 0 Å². The second-order valence-electron chi connectivity index (χ2n) is 5.78. The molecule has 1 aromatic carbocycles. The molecular formula is C17H24FN3O2.